The van der Waals surface area contributed by atoms with Crippen molar-refractivity contribution in [3.8, 4) is 5.75 Å². The Morgan fingerprint density at radius 3 is 3.05 bits per heavy atom. The first kappa shape index (κ1) is 15.3. The molecule has 0 radical (unpaired) electrons. The van der Waals surface area contributed by atoms with Gasteiger partial charge in [-0.1, -0.05) is 22.9 Å². The van der Waals surface area contributed by atoms with Crippen molar-refractivity contribution < 1.29 is 9.47 Å². The fourth-order valence-corrected chi connectivity index (χ4v) is 3.41. The van der Waals surface area contributed by atoms with Crippen LogP contribution < -0.4 is 10.1 Å². The predicted molar refractivity (Wildman–Crippen MR) is 87.0 cm³/mol. The summed E-state index contributed by atoms with van der Waals surface area (Å²) in [6.07, 6.45) is 1.52. The topological polar surface area (TPSA) is 33.7 Å². The van der Waals surface area contributed by atoms with Gasteiger partial charge < -0.3 is 14.8 Å². The number of halogens is 1. The van der Waals surface area contributed by atoms with Crippen molar-refractivity contribution in [2.24, 2.45) is 0 Å². The number of nitrogens with one attached hydrogen (secondary N) is 1. The first-order valence-electron chi connectivity index (χ1n) is 7.74. The van der Waals surface area contributed by atoms with E-state index in [1.807, 2.05) is 12.1 Å². The average Bonchev–Trinajstić information content (AvgIpc) is 2.89. The maximum absolute atomic E-state index is 5.96. The van der Waals surface area contributed by atoms with Gasteiger partial charge in [0.15, 0.2) is 0 Å². The zero-order valence-electron chi connectivity index (χ0n) is 12.5. The molecule has 0 amide bonds. The molecule has 5 heteroatoms. The maximum Gasteiger partial charge on any atom is 0.123 e. The second-order valence-corrected chi connectivity index (χ2v) is 6.66. The maximum atomic E-state index is 5.96. The largest absolute Gasteiger partial charge is 0.488 e. The Morgan fingerprint density at radius 1 is 1.33 bits per heavy atom. The molecule has 2 heterocycles. The van der Waals surface area contributed by atoms with Crippen LogP contribution in [-0.4, -0.2) is 56.4 Å². The summed E-state index contributed by atoms with van der Waals surface area (Å²) in [5, 5.41) is 3.50. The zero-order valence-corrected chi connectivity index (χ0v) is 14.1. The summed E-state index contributed by atoms with van der Waals surface area (Å²) < 4.78 is 12.9. The number of benzene rings is 1. The van der Waals surface area contributed by atoms with Gasteiger partial charge in [-0.05, 0) is 30.3 Å². The van der Waals surface area contributed by atoms with Gasteiger partial charge in [0.05, 0.1) is 12.7 Å². The van der Waals surface area contributed by atoms with Crippen LogP contribution in [0, 0.1) is 0 Å². The molecular formula is C16H23BrN2O2. The number of rotatable bonds is 5. The summed E-state index contributed by atoms with van der Waals surface area (Å²) >= 11 is 3.51. The Balaban J connectivity index is 1.41. The van der Waals surface area contributed by atoms with Crippen molar-refractivity contribution in [2.45, 2.75) is 25.6 Å². The minimum absolute atomic E-state index is 0.236. The Kier molecular flexibility index (Phi) is 5.16. The van der Waals surface area contributed by atoms with Crippen molar-refractivity contribution in [3.05, 3.63) is 28.2 Å². The summed E-state index contributed by atoms with van der Waals surface area (Å²) in [4.78, 5) is 2.44. The molecule has 1 aromatic carbocycles. The van der Waals surface area contributed by atoms with E-state index in [0.717, 1.165) is 56.0 Å². The van der Waals surface area contributed by atoms with Crippen LogP contribution in [0.1, 0.15) is 12.5 Å². The fourth-order valence-electron chi connectivity index (χ4n) is 3.00. The molecule has 2 unspecified atom stereocenters. The number of ether oxygens (including phenoxy) is 2. The van der Waals surface area contributed by atoms with E-state index in [2.05, 4.69) is 39.1 Å². The Bertz CT molecular complexity index is 483. The van der Waals surface area contributed by atoms with E-state index in [-0.39, 0.29) is 6.10 Å². The molecule has 1 aromatic rings. The number of likely N-dealkylation sites (N-methyl/N-ethyl adjacent to an activating group) is 1. The average molecular weight is 355 g/mol. The Labute approximate surface area is 134 Å². The summed E-state index contributed by atoms with van der Waals surface area (Å²) in [6.45, 7) is 8.02. The van der Waals surface area contributed by atoms with E-state index in [1.54, 1.807) is 0 Å². The van der Waals surface area contributed by atoms with Gasteiger partial charge in [-0.15, -0.1) is 0 Å². The highest BCUT2D eigenvalue weighted by molar-refractivity contribution is 9.10. The molecule has 3 rings (SSSR count). The second kappa shape index (κ2) is 7.09. The third-order valence-electron chi connectivity index (χ3n) is 4.18. The molecule has 0 saturated carbocycles. The van der Waals surface area contributed by atoms with Crippen LogP contribution in [0.2, 0.25) is 0 Å². The van der Waals surface area contributed by atoms with Gasteiger partial charge in [0.1, 0.15) is 11.9 Å². The molecule has 21 heavy (non-hydrogen) atoms. The molecule has 1 fully saturated rings. The van der Waals surface area contributed by atoms with Crippen LogP contribution in [0.5, 0.6) is 5.75 Å². The standard InChI is InChI=1S/C16H23BrN2O2/c1-2-19-5-6-20-15(11-19)10-18-9-14-8-12-7-13(17)3-4-16(12)21-14/h3-4,7,14-15,18H,2,5-6,8-11H2,1H3. The summed E-state index contributed by atoms with van der Waals surface area (Å²) in [6, 6.07) is 6.23. The number of hydrogen-bond donors (Lipinski definition) is 1. The van der Waals surface area contributed by atoms with Crippen LogP contribution in [0.3, 0.4) is 0 Å². The van der Waals surface area contributed by atoms with Crippen LogP contribution >= 0.6 is 15.9 Å². The van der Waals surface area contributed by atoms with Gasteiger partial charge in [-0.3, -0.25) is 4.90 Å². The van der Waals surface area contributed by atoms with E-state index < -0.39 is 0 Å². The molecule has 0 spiro atoms. The van der Waals surface area contributed by atoms with Crippen molar-refractivity contribution in [1.82, 2.24) is 10.2 Å². The molecule has 0 bridgehead atoms. The predicted octanol–water partition coefficient (Wildman–Crippen LogP) is 2.06. The highest BCUT2D eigenvalue weighted by Crippen LogP contribution is 2.30. The lowest BCUT2D eigenvalue weighted by atomic mass is 10.1. The van der Waals surface area contributed by atoms with Gasteiger partial charge >= 0.3 is 0 Å². The van der Waals surface area contributed by atoms with E-state index in [1.165, 1.54) is 5.56 Å². The minimum atomic E-state index is 0.236. The molecule has 0 aromatic heterocycles. The van der Waals surface area contributed by atoms with Gasteiger partial charge in [0.2, 0.25) is 0 Å². The second-order valence-electron chi connectivity index (χ2n) is 5.74. The van der Waals surface area contributed by atoms with E-state index >= 15 is 0 Å². The molecule has 0 aliphatic carbocycles. The van der Waals surface area contributed by atoms with Crippen LogP contribution in [0.25, 0.3) is 0 Å². The molecule has 2 atom stereocenters. The lowest BCUT2D eigenvalue weighted by Gasteiger charge is -2.32. The first-order valence-corrected chi connectivity index (χ1v) is 8.53. The van der Waals surface area contributed by atoms with Crippen LogP contribution in [0.4, 0.5) is 0 Å². The number of fused-ring (bicyclic) bond motifs is 1. The van der Waals surface area contributed by atoms with Gasteiger partial charge in [-0.2, -0.15) is 0 Å². The van der Waals surface area contributed by atoms with Crippen molar-refractivity contribution in [3.63, 3.8) is 0 Å². The fraction of sp³-hybridized carbons (Fsp3) is 0.625. The van der Waals surface area contributed by atoms with E-state index in [0.29, 0.717) is 6.10 Å². The SMILES string of the molecule is CCN1CCOC(CNCC2Cc3cc(Br)ccc3O2)C1. The van der Waals surface area contributed by atoms with Crippen LogP contribution in [-0.2, 0) is 11.2 Å². The molecule has 1 N–H and O–H groups in total. The summed E-state index contributed by atoms with van der Waals surface area (Å²) in [7, 11) is 0. The van der Waals surface area contributed by atoms with E-state index in [9.17, 15) is 0 Å². The quantitative estimate of drug-likeness (QED) is 0.877. The lowest BCUT2D eigenvalue weighted by molar-refractivity contribution is -0.0258. The van der Waals surface area contributed by atoms with Crippen molar-refractivity contribution >= 4 is 15.9 Å². The van der Waals surface area contributed by atoms with Crippen molar-refractivity contribution in [1.29, 1.82) is 0 Å². The zero-order chi connectivity index (χ0) is 14.7. The number of morpholine rings is 1. The summed E-state index contributed by atoms with van der Waals surface area (Å²) in [5.74, 6) is 1.02. The Morgan fingerprint density at radius 2 is 2.19 bits per heavy atom. The van der Waals surface area contributed by atoms with Gasteiger partial charge in [0, 0.05) is 37.1 Å². The normalized spacial score (nSPS) is 25.6. The third kappa shape index (κ3) is 3.97. The van der Waals surface area contributed by atoms with Crippen molar-refractivity contribution in [2.75, 3.05) is 39.3 Å². The van der Waals surface area contributed by atoms with E-state index in [4.69, 9.17) is 9.47 Å². The summed E-state index contributed by atoms with van der Waals surface area (Å²) in [5.41, 5.74) is 1.29. The molecule has 1 saturated heterocycles. The van der Waals surface area contributed by atoms with Crippen LogP contribution in [0.15, 0.2) is 22.7 Å². The number of nitrogens with zero attached hydrogens (tertiary/aromatic N) is 1. The molecular weight excluding hydrogens is 332 g/mol. The van der Waals surface area contributed by atoms with Gasteiger partial charge in [-0.25, -0.2) is 0 Å². The third-order valence-corrected chi connectivity index (χ3v) is 4.67. The monoisotopic (exact) mass is 354 g/mol. The smallest absolute Gasteiger partial charge is 0.123 e. The molecule has 2 aliphatic rings. The highest BCUT2D eigenvalue weighted by Gasteiger charge is 2.24. The minimum Gasteiger partial charge on any atom is -0.488 e. The van der Waals surface area contributed by atoms with Gasteiger partial charge in [0.25, 0.3) is 0 Å². The number of hydrogen-bond acceptors (Lipinski definition) is 4. The lowest BCUT2D eigenvalue weighted by Crippen LogP contribution is -2.47. The first-order chi connectivity index (χ1) is 10.2. The molecule has 116 valence electrons. The molecule has 2 aliphatic heterocycles. The Hall–Kier alpha value is -0.620. The molecule has 4 nitrogen and oxygen atoms in total. The highest BCUT2D eigenvalue weighted by atomic mass is 79.9.